The molecule has 1 saturated heterocycles. The number of rotatable bonds is 2. The zero-order chi connectivity index (χ0) is 7.40. The van der Waals surface area contributed by atoms with Crippen LogP contribution in [0.2, 0.25) is 0 Å². The molecule has 3 heteroatoms. The van der Waals surface area contributed by atoms with Crippen LogP contribution in [0, 0.1) is 5.92 Å². The van der Waals surface area contributed by atoms with Gasteiger partial charge in [0.05, 0.1) is 6.61 Å². The topological polar surface area (TPSA) is 52.3 Å². The molecule has 1 amide bonds. The molecule has 0 aromatic heterocycles. The van der Waals surface area contributed by atoms with Crippen molar-refractivity contribution in [2.75, 3.05) is 13.2 Å². The largest absolute Gasteiger partial charge is 0.381 e. The van der Waals surface area contributed by atoms with Crippen molar-refractivity contribution < 1.29 is 9.53 Å². The lowest BCUT2D eigenvalue weighted by Crippen LogP contribution is -2.06. The summed E-state index contributed by atoms with van der Waals surface area (Å²) in [6, 6.07) is 0. The molecule has 56 valence electrons. The highest BCUT2D eigenvalue weighted by atomic mass is 16.5. The van der Waals surface area contributed by atoms with E-state index in [0.29, 0.717) is 5.92 Å². The molecular weight excluding hydrogens is 130 g/mol. The molecule has 0 spiro atoms. The van der Waals surface area contributed by atoms with Crippen LogP contribution in [-0.2, 0) is 9.53 Å². The van der Waals surface area contributed by atoms with Crippen molar-refractivity contribution in [3.05, 3.63) is 12.2 Å². The number of primary amides is 1. The van der Waals surface area contributed by atoms with Crippen LogP contribution in [0.4, 0.5) is 0 Å². The number of ether oxygens (including phenoxy) is 1. The Morgan fingerprint density at radius 1 is 1.70 bits per heavy atom. The highest BCUT2D eigenvalue weighted by Gasteiger charge is 2.11. The predicted molar refractivity (Wildman–Crippen MR) is 37.3 cm³/mol. The fraction of sp³-hybridized carbons (Fsp3) is 0.571. The summed E-state index contributed by atoms with van der Waals surface area (Å²) in [7, 11) is 0. The molecule has 0 bridgehead atoms. The first-order chi connectivity index (χ1) is 4.79. The average molecular weight is 141 g/mol. The molecule has 1 rings (SSSR count). The smallest absolute Gasteiger partial charge is 0.241 e. The molecule has 1 aliphatic heterocycles. The third-order valence-corrected chi connectivity index (χ3v) is 1.50. The number of hydrogen-bond donors (Lipinski definition) is 1. The van der Waals surface area contributed by atoms with E-state index in [1.54, 1.807) is 0 Å². The van der Waals surface area contributed by atoms with E-state index in [4.69, 9.17) is 10.5 Å². The van der Waals surface area contributed by atoms with Gasteiger partial charge < -0.3 is 10.5 Å². The van der Waals surface area contributed by atoms with Gasteiger partial charge in [0.25, 0.3) is 0 Å². The second kappa shape index (κ2) is 3.37. The molecule has 1 unspecified atom stereocenters. The van der Waals surface area contributed by atoms with E-state index in [2.05, 4.69) is 0 Å². The van der Waals surface area contributed by atoms with Crippen molar-refractivity contribution in [1.29, 1.82) is 0 Å². The number of carbonyl (C=O) groups is 1. The summed E-state index contributed by atoms with van der Waals surface area (Å²) >= 11 is 0. The first kappa shape index (κ1) is 7.28. The fourth-order valence-corrected chi connectivity index (χ4v) is 0.935. The van der Waals surface area contributed by atoms with Crippen molar-refractivity contribution in [3.63, 3.8) is 0 Å². The SMILES string of the molecule is NC(=O)C=CC1CCOC1. The predicted octanol–water partition coefficient (Wildman–Crippen LogP) is 0.0644. The fourth-order valence-electron chi connectivity index (χ4n) is 0.935. The zero-order valence-electron chi connectivity index (χ0n) is 5.75. The van der Waals surface area contributed by atoms with E-state index < -0.39 is 0 Å². The van der Waals surface area contributed by atoms with Crippen LogP contribution in [0.1, 0.15) is 6.42 Å². The number of amides is 1. The first-order valence-electron chi connectivity index (χ1n) is 3.34. The van der Waals surface area contributed by atoms with Crippen LogP contribution >= 0.6 is 0 Å². The van der Waals surface area contributed by atoms with E-state index in [0.717, 1.165) is 19.6 Å². The van der Waals surface area contributed by atoms with Crippen molar-refractivity contribution in [1.82, 2.24) is 0 Å². The van der Waals surface area contributed by atoms with Crippen molar-refractivity contribution in [2.45, 2.75) is 6.42 Å². The molecule has 1 atom stereocenters. The number of carbonyl (C=O) groups excluding carboxylic acids is 1. The lowest BCUT2D eigenvalue weighted by Gasteiger charge is -1.95. The molecule has 0 aromatic carbocycles. The number of hydrogen-bond acceptors (Lipinski definition) is 2. The molecule has 1 fully saturated rings. The summed E-state index contributed by atoms with van der Waals surface area (Å²) in [5.41, 5.74) is 4.90. The maximum absolute atomic E-state index is 10.3. The molecule has 3 nitrogen and oxygen atoms in total. The van der Waals surface area contributed by atoms with Crippen LogP contribution < -0.4 is 5.73 Å². The Kier molecular flexibility index (Phi) is 2.45. The van der Waals surface area contributed by atoms with Gasteiger partial charge in [0.2, 0.25) is 5.91 Å². The molecule has 0 aliphatic carbocycles. The molecule has 0 saturated carbocycles. The van der Waals surface area contributed by atoms with Gasteiger partial charge in [-0.3, -0.25) is 4.79 Å². The lowest BCUT2D eigenvalue weighted by atomic mass is 10.1. The van der Waals surface area contributed by atoms with Gasteiger partial charge in [-0.1, -0.05) is 6.08 Å². The monoisotopic (exact) mass is 141 g/mol. The molecule has 2 N–H and O–H groups in total. The van der Waals surface area contributed by atoms with Crippen LogP contribution in [-0.4, -0.2) is 19.1 Å². The van der Waals surface area contributed by atoms with Crippen molar-refractivity contribution >= 4 is 5.91 Å². The average Bonchev–Trinajstić information content (AvgIpc) is 2.34. The summed E-state index contributed by atoms with van der Waals surface area (Å²) in [6.07, 6.45) is 4.22. The van der Waals surface area contributed by atoms with Gasteiger partial charge in [-0.05, 0) is 12.5 Å². The Labute approximate surface area is 59.8 Å². The minimum atomic E-state index is -0.382. The summed E-state index contributed by atoms with van der Waals surface area (Å²) in [5.74, 6) is 0.0133. The standard InChI is InChI=1S/C7H11NO2/c8-7(9)2-1-6-3-4-10-5-6/h1-2,6H,3-5H2,(H2,8,9). The summed E-state index contributed by atoms with van der Waals surface area (Å²) in [4.78, 5) is 10.3. The Bertz CT molecular complexity index is 148. The molecular formula is C7H11NO2. The maximum Gasteiger partial charge on any atom is 0.241 e. The van der Waals surface area contributed by atoms with Gasteiger partial charge >= 0.3 is 0 Å². The lowest BCUT2D eigenvalue weighted by molar-refractivity contribution is -0.113. The van der Waals surface area contributed by atoms with Crippen LogP contribution in [0.5, 0.6) is 0 Å². The Hall–Kier alpha value is -0.830. The number of nitrogens with two attached hydrogens (primary N) is 1. The molecule has 0 aromatic rings. The van der Waals surface area contributed by atoms with E-state index >= 15 is 0 Å². The second-order valence-corrected chi connectivity index (χ2v) is 2.39. The van der Waals surface area contributed by atoms with E-state index in [-0.39, 0.29) is 5.91 Å². The third-order valence-electron chi connectivity index (χ3n) is 1.50. The van der Waals surface area contributed by atoms with Gasteiger partial charge in [-0.2, -0.15) is 0 Å². The summed E-state index contributed by atoms with van der Waals surface area (Å²) < 4.78 is 5.09. The highest BCUT2D eigenvalue weighted by molar-refractivity contribution is 5.85. The van der Waals surface area contributed by atoms with Crippen molar-refractivity contribution in [3.8, 4) is 0 Å². The third kappa shape index (κ3) is 2.19. The summed E-state index contributed by atoms with van der Waals surface area (Å²) in [6.45, 7) is 1.53. The minimum absolute atomic E-state index is 0.382. The zero-order valence-corrected chi connectivity index (χ0v) is 5.75. The normalized spacial score (nSPS) is 25.8. The quantitative estimate of drug-likeness (QED) is 0.553. The summed E-state index contributed by atoms with van der Waals surface area (Å²) in [5, 5.41) is 0. The van der Waals surface area contributed by atoms with Gasteiger partial charge in [-0.25, -0.2) is 0 Å². The Morgan fingerprint density at radius 3 is 3.00 bits per heavy atom. The van der Waals surface area contributed by atoms with Crippen molar-refractivity contribution in [2.24, 2.45) is 11.7 Å². The molecule has 1 heterocycles. The van der Waals surface area contributed by atoms with E-state index in [1.165, 1.54) is 6.08 Å². The second-order valence-electron chi connectivity index (χ2n) is 2.39. The molecule has 0 radical (unpaired) electrons. The molecule has 10 heavy (non-hydrogen) atoms. The van der Waals surface area contributed by atoms with Gasteiger partial charge in [0.1, 0.15) is 0 Å². The van der Waals surface area contributed by atoms with Gasteiger partial charge in [0, 0.05) is 12.5 Å². The van der Waals surface area contributed by atoms with Gasteiger partial charge in [-0.15, -0.1) is 0 Å². The maximum atomic E-state index is 10.3. The Balaban J connectivity index is 2.29. The van der Waals surface area contributed by atoms with Crippen LogP contribution in [0.25, 0.3) is 0 Å². The van der Waals surface area contributed by atoms with E-state index in [1.807, 2.05) is 6.08 Å². The highest BCUT2D eigenvalue weighted by Crippen LogP contribution is 2.12. The molecule has 1 aliphatic rings. The Morgan fingerprint density at radius 2 is 2.50 bits per heavy atom. The van der Waals surface area contributed by atoms with Gasteiger partial charge in [0.15, 0.2) is 0 Å². The first-order valence-corrected chi connectivity index (χ1v) is 3.34. The van der Waals surface area contributed by atoms with Crippen LogP contribution in [0.3, 0.4) is 0 Å². The van der Waals surface area contributed by atoms with E-state index in [9.17, 15) is 4.79 Å². The van der Waals surface area contributed by atoms with Crippen LogP contribution in [0.15, 0.2) is 12.2 Å². The minimum Gasteiger partial charge on any atom is -0.381 e.